The van der Waals surface area contributed by atoms with Crippen LogP contribution in [0.15, 0.2) is 179 Å². The van der Waals surface area contributed by atoms with Crippen LogP contribution in [0.4, 0.5) is 0 Å². The average molecular weight is 721 g/mol. The lowest BCUT2D eigenvalue weighted by molar-refractivity contribution is 0.669. The number of hydrogen-bond acceptors (Lipinski definition) is 8. The Morgan fingerprint density at radius 3 is 1.36 bits per heavy atom. The van der Waals surface area contributed by atoms with Gasteiger partial charge in [-0.15, -0.1) is 0 Å². The van der Waals surface area contributed by atoms with Crippen LogP contribution in [0.5, 0.6) is 0 Å². The van der Waals surface area contributed by atoms with Crippen molar-refractivity contribution < 1.29 is 8.83 Å². The van der Waals surface area contributed by atoms with Gasteiger partial charge in [-0.3, -0.25) is 0 Å². The molecule has 0 saturated carbocycles. The van der Waals surface area contributed by atoms with Gasteiger partial charge in [0.1, 0.15) is 22.3 Å². The molecule has 4 aromatic heterocycles. The molecule has 4 heterocycles. The molecule has 262 valence electrons. The standard InChI is InChI=1S/C48H28N6O2/c1-4-13-29(14-5-1)43-49-44(30-15-6-2-7-16-30)51-47(50-43)33-23-25-35-38-27-32(24-26-40(38)55-41(35)28-33)46-52-45(31-17-8-3-9-18-31)53-48(54-46)37-21-12-20-36-34-19-10-11-22-39(34)56-42(36)37/h1-28H. The van der Waals surface area contributed by atoms with Crippen molar-refractivity contribution in [1.29, 1.82) is 0 Å². The average Bonchev–Trinajstić information content (AvgIpc) is 3.85. The van der Waals surface area contributed by atoms with Gasteiger partial charge in [0.15, 0.2) is 34.9 Å². The van der Waals surface area contributed by atoms with Crippen molar-refractivity contribution in [2.75, 3.05) is 0 Å². The van der Waals surface area contributed by atoms with Crippen LogP contribution >= 0.6 is 0 Å². The van der Waals surface area contributed by atoms with Crippen LogP contribution in [0.3, 0.4) is 0 Å². The van der Waals surface area contributed by atoms with Gasteiger partial charge in [-0.25, -0.2) is 29.9 Å². The number of para-hydroxylation sites is 2. The molecule has 8 nitrogen and oxygen atoms in total. The molecular formula is C48H28N6O2. The van der Waals surface area contributed by atoms with E-state index < -0.39 is 0 Å². The van der Waals surface area contributed by atoms with Crippen molar-refractivity contribution in [3.63, 3.8) is 0 Å². The topological polar surface area (TPSA) is 104 Å². The van der Waals surface area contributed by atoms with Gasteiger partial charge in [0.25, 0.3) is 0 Å². The van der Waals surface area contributed by atoms with Crippen LogP contribution < -0.4 is 0 Å². The maximum absolute atomic E-state index is 6.46. The highest BCUT2D eigenvalue weighted by atomic mass is 16.3. The van der Waals surface area contributed by atoms with Crippen LogP contribution in [-0.2, 0) is 0 Å². The second-order valence-corrected chi connectivity index (χ2v) is 13.5. The Hall–Kier alpha value is -7.84. The Morgan fingerprint density at radius 2 is 0.732 bits per heavy atom. The lowest BCUT2D eigenvalue weighted by Crippen LogP contribution is -2.00. The van der Waals surface area contributed by atoms with E-state index in [1.807, 2.05) is 146 Å². The molecule has 11 aromatic rings. The third-order valence-corrected chi connectivity index (χ3v) is 10.00. The Labute approximate surface area is 319 Å². The van der Waals surface area contributed by atoms with Crippen LogP contribution in [0.1, 0.15) is 0 Å². The Bertz CT molecular complexity index is 3190. The zero-order valence-electron chi connectivity index (χ0n) is 29.7. The van der Waals surface area contributed by atoms with Gasteiger partial charge in [-0.05, 0) is 42.5 Å². The summed E-state index contributed by atoms with van der Waals surface area (Å²) in [5.74, 6) is 3.41. The monoisotopic (exact) mass is 720 g/mol. The van der Waals surface area contributed by atoms with E-state index in [2.05, 4.69) is 24.3 Å². The number of hydrogen-bond donors (Lipinski definition) is 0. The van der Waals surface area contributed by atoms with Crippen molar-refractivity contribution >= 4 is 43.9 Å². The summed E-state index contributed by atoms with van der Waals surface area (Å²) in [7, 11) is 0. The van der Waals surface area contributed by atoms with E-state index in [1.54, 1.807) is 0 Å². The summed E-state index contributed by atoms with van der Waals surface area (Å²) < 4.78 is 12.9. The quantitative estimate of drug-likeness (QED) is 0.167. The fraction of sp³-hybridized carbons (Fsp3) is 0. The summed E-state index contributed by atoms with van der Waals surface area (Å²) in [4.78, 5) is 29.8. The first-order valence-electron chi connectivity index (χ1n) is 18.3. The van der Waals surface area contributed by atoms with E-state index in [1.165, 1.54) is 0 Å². The Balaban J connectivity index is 1.04. The molecule has 8 heteroatoms. The summed E-state index contributed by atoms with van der Waals surface area (Å²) in [5, 5.41) is 3.95. The van der Waals surface area contributed by atoms with Crippen molar-refractivity contribution in [2.45, 2.75) is 0 Å². The van der Waals surface area contributed by atoms with E-state index in [9.17, 15) is 0 Å². The van der Waals surface area contributed by atoms with Crippen molar-refractivity contribution in [3.05, 3.63) is 170 Å². The molecule has 0 aliphatic carbocycles. The maximum Gasteiger partial charge on any atom is 0.167 e. The summed E-state index contributed by atoms with van der Waals surface area (Å²) in [6.45, 7) is 0. The molecular weight excluding hydrogens is 693 g/mol. The van der Waals surface area contributed by atoms with Crippen LogP contribution in [0.2, 0.25) is 0 Å². The van der Waals surface area contributed by atoms with Gasteiger partial charge in [0, 0.05) is 49.4 Å². The minimum absolute atomic E-state index is 0.530. The summed E-state index contributed by atoms with van der Waals surface area (Å²) >= 11 is 0. The van der Waals surface area contributed by atoms with Crippen molar-refractivity contribution in [2.24, 2.45) is 0 Å². The molecule has 0 N–H and O–H groups in total. The molecule has 0 bridgehead atoms. The van der Waals surface area contributed by atoms with E-state index in [-0.39, 0.29) is 0 Å². The fourth-order valence-electron chi connectivity index (χ4n) is 7.26. The number of fused-ring (bicyclic) bond motifs is 6. The highest BCUT2D eigenvalue weighted by molar-refractivity contribution is 6.09. The molecule has 0 radical (unpaired) electrons. The highest BCUT2D eigenvalue weighted by Gasteiger charge is 2.19. The predicted molar refractivity (Wildman–Crippen MR) is 220 cm³/mol. The summed E-state index contributed by atoms with van der Waals surface area (Å²) in [6, 6.07) is 56.2. The first kappa shape index (κ1) is 31.7. The van der Waals surface area contributed by atoms with Gasteiger partial charge in [0.05, 0.1) is 5.56 Å². The molecule has 0 aliphatic rings. The highest BCUT2D eigenvalue weighted by Crippen LogP contribution is 2.38. The summed E-state index contributed by atoms with van der Waals surface area (Å²) in [6.07, 6.45) is 0. The molecule has 7 aromatic carbocycles. The van der Waals surface area contributed by atoms with Gasteiger partial charge >= 0.3 is 0 Å². The molecule has 0 saturated heterocycles. The van der Waals surface area contributed by atoms with Crippen molar-refractivity contribution in [1.82, 2.24) is 29.9 Å². The first-order valence-corrected chi connectivity index (χ1v) is 18.3. The van der Waals surface area contributed by atoms with Crippen LogP contribution in [0.25, 0.3) is 112 Å². The first-order chi connectivity index (χ1) is 27.7. The van der Waals surface area contributed by atoms with Crippen molar-refractivity contribution in [3.8, 4) is 68.3 Å². The lowest BCUT2D eigenvalue weighted by atomic mass is 10.1. The smallest absolute Gasteiger partial charge is 0.167 e. The third kappa shape index (κ3) is 5.47. The molecule has 0 atom stereocenters. The van der Waals surface area contributed by atoms with E-state index >= 15 is 0 Å². The van der Waals surface area contributed by atoms with Gasteiger partial charge < -0.3 is 8.83 Å². The minimum atomic E-state index is 0.530. The number of rotatable bonds is 6. The SMILES string of the molecule is c1ccc(-c2nc(-c3ccccc3)nc(-c3ccc4c(c3)oc3ccc(-c5nc(-c6ccccc6)nc(-c6cccc7c6oc6ccccc67)n5)cc34)n2)cc1. The molecule has 0 amide bonds. The zero-order chi connectivity index (χ0) is 37.0. The van der Waals surface area contributed by atoms with Crippen LogP contribution in [0, 0.1) is 0 Å². The lowest BCUT2D eigenvalue weighted by Gasteiger charge is -2.09. The fourth-order valence-corrected chi connectivity index (χ4v) is 7.26. The number of furan rings is 2. The Morgan fingerprint density at radius 1 is 0.268 bits per heavy atom. The second-order valence-electron chi connectivity index (χ2n) is 13.5. The minimum Gasteiger partial charge on any atom is -0.456 e. The maximum atomic E-state index is 6.46. The summed E-state index contributed by atoms with van der Waals surface area (Å²) in [5.41, 5.74) is 8.19. The van der Waals surface area contributed by atoms with E-state index in [4.69, 9.17) is 38.7 Å². The zero-order valence-corrected chi connectivity index (χ0v) is 29.7. The molecule has 11 rings (SSSR count). The van der Waals surface area contributed by atoms with Crippen LogP contribution in [-0.4, -0.2) is 29.9 Å². The molecule has 0 aliphatic heterocycles. The Kier molecular flexibility index (Phi) is 7.31. The second kappa shape index (κ2) is 12.9. The molecule has 0 fully saturated rings. The number of benzene rings is 7. The van der Waals surface area contributed by atoms with E-state index in [0.717, 1.165) is 77.3 Å². The molecule has 0 unspecified atom stereocenters. The van der Waals surface area contributed by atoms with E-state index in [0.29, 0.717) is 34.9 Å². The van der Waals surface area contributed by atoms with Gasteiger partial charge in [0.2, 0.25) is 0 Å². The largest absolute Gasteiger partial charge is 0.456 e. The molecule has 0 spiro atoms. The number of nitrogens with zero attached hydrogens (tertiary/aromatic N) is 6. The van der Waals surface area contributed by atoms with Gasteiger partial charge in [-0.1, -0.05) is 127 Å². The predicted octanol–water partition coefficient (Wildman–Crippen LogP) is 11.9. The van der Waals surface area contributed by atoms with Gasteiger partial charge in [-0.2, -0.15) is 0 Å². The number of aromatic nitrogens is 6. The normalized spacial score (nSPS) is 11.6. The third-order valence-electron chi connectivity index (χ3n) is 10.00. The molecule has 56 heavy (non-hydrogen) atoms.